The molecule has 0 aromatic rings. The van der Waals surface area contributed by atoms with Crippen LogP contribution in [0.1, 0.15) is 188 Å². The third-order valence-corrected chi connectivity index (χ3v) is 9.25. The van der Waals surface area contributed by atoms with Gasteiger partial charge < -0.3 is 19.7 Å². The van der Waals surface area contributed by atoms with Gasteiger partial charge in [-0.3, -0.25) is 9.59 Å². The van der Waals surface area contributed by atoms with Gasteiger partial charge in [0, 0.05) is 12.8 Å². The highest BCUT2D eigenvalue weighted by atomic mass is 16.6. The molecule has 0 aliphatic carbocycles. The van der Waals surface area contributed by atoms with Crippen LogP contribution in [-0.4, -0.2) is 47.6 Å². The van der Waals surface area contributed by atoms with Gasteiger partial charge in [-0.05, 0) is 50.9 Å². The fraction of sp³-hybridized carbons (Fsp3) is 0.773. The van der Waals surface area contributed by atoms with Crippen molar-refractivity contribution in [3.8, 4) is 0 Å². The fourth-order valence-corrected chi connectivity index (χ4v) is 5.67. The van der Waals surface area contributed by atoms with Crippen LogP contribution in [0.2, 0.25) is 0 Å². The number of aliphatic hydroxyl groups is 2. The maximum Gasteiger partial charge on any atom is 0.306 e. The van der Waals surface area contributed by atoms with E-state index in [1.807, 2.05) is 30.4 Å². The highest BCUT2D eigenvalue weighted by Gasteiger charge is 2.16. The van der Waals surface area contributed by atoms with E-state index in [-0.39, 0.29) is 31.6 Å². The van der Waals surface area contributed by atoms with Gasteiger partial charge in [0.2, 0.25) is 0 Å². The largest absolute Gasteiger partial charge is 0.462 e. The first-order chi connectivity index (χ1) is 24.4. The summed E-state index contributed by atoms with van der Waals surface area (Å²) in [6.45, 7) is 6.37. The molecule has 0 heterocycles. The van der Waals surface area contributed by atoms with Crippen molar-refractivity contribution in [2.24, 2.45) is 5.92 Å². The Kier molecular flexibility index (Phi) is 36.4. The van der Waals surface area contributed by atoms with Gasteiger partial charge in [-0.25, -0.2) is 0 Å². The highest BCUT2D eigenvalue weighted by Crippen LogP contribution is 2.16. The van der Waals surface area contributed by atoms with Gasteiger partial charge in [0.1, 0.15) is 6.61 Å². The molecule has 0 fully saturated rings. The second-order valence-corrected chi connectivity index (χ2v) is 14.2. The van der Waals surface area contributed by atoms with E-state index >= 15 is 0 Å². The summed E-state index contributed by atoms with van der Waals surface area (Å²) in [7, 11) is 0. The monoisotopic (exact) mass is 703 g/mol. The Balaban J connectivity index is 3.69. The lowest BCUT2D eigenvalue weighted by atomic mass is 9.99. The molecule has 290 valence electrons. The molecule has 0 saturated heterocycles. The van der Waals surface area contributed by atoms with Crippen LogP contribution in [-0.2, 0) is 19.1 Å². The number of rotatable bonds is 36. The number of ether oxygens (including phenoxy) is 2. The zero-order chi connectivity index (χ0) is 36.8. The molecule has 0 aliphatic heterocycles. The quantitative estimate of drug-likeness (QED) is 0.0292. The molecular weight excluding hydrogens is 624 g/mol. The molecule has 1 unspecified atom stereocenters. The Bertz CT molecular complexity index is 876. The third kappa shape index (κ3) is 35.6. The van der Waals surface area contributed by atoms with Crippen molar-refractivity contribution in [1.82, 2.24) is 0 Å². The van der Waals surface area contributed by atoms with Gasteiger partial charge in [0.25, 0.3) is 0 Å². The van der Waals surface area contributed by atoms with Crippen LogP contribution in [0.4, 0.5) is 0 Å². The number of hydrogen-bond acceptors (Lipinski definition) is 6. The van der Waals surface area contributed by atoms with E-state index in [1.54, 1.807) is 6.08 Å². The van der Waals surface area contributed by atoms with Gasteiger partial charge in [-0.15, -0.1) is 0 Å². The molecule has 0 amide bonds. The minimum Gasteiger partial charge on any atom is -0.462 e. The van der Waals surface area contributed by atoms with Crippen molar-refractivity contribution in [2.45, 2.75) is 200 Å². The van der Waals surface area contributed by atoms with E-state index < -0.39 is 12.2 Å². The van der Waals surface area contributed by atoms with E-state index in [0.717, 1.165) is 44.4 Å². The molecule has 50 heavy (non-hydrogen) atoms. The number of unbranched alkanes of at least 4 members (excludes halogenated alkanes) is 17. The Labute approximate surface area is 308 Å². The van der Waals surface area contributed by atoms with Crippen molar-refractivity contribution >= 4 is 11.9 Å². The van der Waals surface area contributed by atoms with Crippen LogP contribution in [0.25, 0.3) is 0 Å². The molecule has 0 aliphatic rings. The molecule has 0 rings (SSSR count). The van der Waals surface area contributed by atoms with E-state index in [0.29, 0.717) is 19.3 Å². The lowest BCUT2D eigenvalue weighted by molar-refractivity contribution is -0.161. The van der Waals surface area contributed by atoms with Crippen molar-refractivity contribution in [3.05, 3.63) is 48.6 Å². The smallest absolute Gasteiger partial charge is 0.306 e. The van der Waals surface area contributed by atoms with Crippen molar-refractivity contribution in [2.75, 3.05) is 13.2 Å². The average Bonchev–Trinajstić information content (AvgIpc) is 3.11. The predicted molar refractivity (Wildman–Crippen MR) is 211 cm³/mol. The van der Waals surface area contributed by atoms with Crippen molar-refractivity contribution in [3.63, 3.8) is 0 Å². The molecule has 6 nitrogen and oxygen atoms in total. The van der Waals surface area contributed by atoms with Crippen LogP contribution in [0.5, 0.6) is 0 Å². The zero-order valence-electron chi connectivity index (χ0n) is 32.7. The Morgan fingerprint density at radius 1 is 0.640 bits per heavy atom. The minimum atomic E-state index is -0.810. The van der Waals surface area contributed by atoms with E-state index in [9.17, 15) is 19.8 Å². The highest BCUT2D eigenvalue weighted by molar-refractivity contribution is 5.70. The lowest BCUT2D eigenvalue weighted by Gasteiger charge is -2.15. The standard InChI is InChI=1S/C44H78O6/c1-4-6-7-8-24-29-34-41(46)35-30-25-20-17-18-21-26-31-36-43(47)49-39-42(38-45)50-44(48)37-32-27-22-16-14-12-10-9-11-13-15-19-23-28-33-40(3)5-2/h18,20-21,24-25,29-30,35,40-42,45-46H,4-17,19,22-23,26-28,31-34,36-39H2,1-3H3/b21-18-,25-20-,29-24-,35-30+/t40?,41-,42+/m1/s1. The number of esters is 2. The number of allylic oxidation sites excluding steroid dienone is 6. The molecule has 0 radical (unpaired) electrons. The van der Waals surface area contributed by atoms with E-state index in [2.05, 4.69) is 32.9 Å². The molecule has 6 heteroatoms. The topological polar surface area (TPSA) is 93.1 Å². The summed E-state index contributed by atoms with van der Waals surface area (Å²) < 4.78 is 10.6. The molecule has 0 aromatic heterocycles. The molecule has 3 atom stereocenters. The number of carbonyl (C=O) groups is 2. The van der Waals surface area contributed by atoms with Gasteiger partial charge in [-0.2, -0.15) is 0 Å². The third-order valence-electron chi connectivity index (χ3n) is 9.25. The lowest BCUT2D eigenvalue weighted by Crippen LogP contribution is -2.28. The summed E-state index contributed by atoms with van der Waals surface area (Å²) in [6.07, 6.45) is 43.4. The number of hydrogen-bond donors (Lipinski definition) is 2. The van der Waals surface area contributed by atoms with Gasteiger partial charge in [-0.1, -0.05) is 179 Å². The Morgan fingerprint density at radius 2 is 1.22 bits per heavy atom. The SMILES string of the molecule is CCCCC/C=C\C[C@@H](O)/C=C/C=C\C/C=C\CCCC(=O)OC[C@H](CO)OC(=O)CCCCCCCCCCCCCCCCC(C)CC. The van der Waals surface area contributed by atoms with Crippen LogP contribution >= 0.6 is 0 Å². The van der Waals surface area contributed by atoms with Crippen LogP contribution < -0.4 is 0 Å². The zero-order valence-corrected chi connectivity index (χ0v) is 32.7. The summed E-state index contributed by atoms with van der Waals surface area (Å²) in [5, 5.41) is 19.5. The van der Waals surface area contributed by atoms with Crippen LogP contribution in [0.15, 0.2) is 48.6 Å². The minimum absolute atomic E-state index is 0.114. The predicted octanol–water partition coefficient (Wildman–Crippen LogP) is 11.8. The summed E-state index contributed by atoms with van der Waals surface area (Å²) in [5.74, 6) is 0.201. The fourth-order valence-electron chi connectivity index (χ4n) is 5.67. The average molecular weight is 703 g/mol. The van der Waals surface area contributed by atoms with Crippen molar-refractivity contribution in [1.29, 1.82) is 0 Å². The van der Waals surface area contributed by atoms with Gasteiger partial charge in [0.05, 0.1) is 12.7 Å². The summed E-state index contributed by atoms with van der Waals surface area (Å²) in [4.78, 5) is 24.3. The molecular formula is C44H78O6. The molecule has 2 N–H and O–H groups in total. The first-order valence-corrected chi connectivity index (χ1v) is 20.7. The first kappa shape index (κ1) is 47.8. The molecule has 0 bridgehead atoms. The maximum atomic E-state index is 12.2. The number of aliphatic hydroxyl groups excluding tert-OH is 2. The van der Waals surface area contributed by atoms with Gasteiger partial charge in [0.15, 0.2) is 6.10 Å². The maximum absolute atomic E-state index is 12.2. The second-order valence-electron chi connectivity index (χ2n) is 14.2. The Hall–Kier alpha value is -2.18. The second kappa shape index (κ2) is 38.1. The summed E-state index contributed by atoms with van der Waals surface area (Å²) in [5.41, 5.74) is 0. The number of carbonyl (C=O) groups excluding carboxylic acids is 2. The van der Waals surface area contributed by atoms with Crippen molar-refractivity contribution < 1.29 is 29.3 Å². The normalized spacial score (nSPS) is 13.9. The van der Waals surface area contributed by atoms with E-state index in [4.69, 9.17) is 9.47 Å². The van der Waals surface area contributed by atoms with Gasteiger partial charge >= 0.3 is 11.9 Å². The molecule has 0 aromatic carbocycles. The molecule has 0 spiro atoms. The summed E-state index contributed by atoms with van der Waals surface area (Å²) in [6, 6.07) is 0. The summed E-state index contributed by atoms with van der Waals surface area (Å²) >= 11 is 0. The van der Waals surface area contributed by atoms with E-state index in [1.165, 1.54) is 103 Å². The first-order valence-electron chi connectivity index (χ1n) is 20.7. The molecule has 0 saturated carbocycles. The van der Waals surface area contributed by atoms with Crippen LogP contribution in [0, 0.1) is 5.92 Å². The van der Waals surface area contributed by atoms with Crippen LogP contribution in [0.3, 0.4) is 0 Å². The Morgan fingerprint density at radius 3 is 1.84 bits per heavy atom.